The molecule has 1 aromatic carbocycles. The molecule has 1 aromatic rings. The van der Waals surface area contributed by atoms with Crippen LogP contribution >= 0.6 is 0 Å². The van der Waals surface area contributed by atoms with Crippen molar-refractivity contribution in [3.8, 4) is 0 Å². The number of nitrogens with one attached hydrogen (secondary N) is 1. The van der Waals surface area contributed by atoms with E-state index in [1.54, 1.807) is 0 Å². The van der Waals surface area contributed by atoms with Gasteiger partial charge in [0.15, 0.2) is 0 Å². The maximum absolute atomic E-state index is 3.42. The standard InChI is InChI=1S/C14H21N/c1-6-13(15-7-2)14-11(4)9-8-10(3)12(14)5/h6,8-9,15H,7H2,1-5H3/b13-6+. The van der Waals surface area contributed by atoms with Crippen LogP contribution < -0.4 is 5.32 Å². The van der Waals surface area contributed by atoms with Crippen molar-refractivity contribution < 1.29 is 0 Å². The molecule has 15 heavy (non-hydrogen) atoms. The quantitative estimate of drug-likeness (QED) is 0.791. The van der Waals surface area contributed by atoms with Gasteiger partial charge in [0.25, 0.3) is 0 Å². The summed E-state index contributed by atoms with van der Waals surface area (Å²) in [4.78, 5) is 0. The van der Waals surface area contributed by atoms with Crippen molar-refractivity contribution in [2.45, 2.75) is 34.6 Å². The van der Waals surface area contributed by atoms with Gasteiger partial charge in [-0.15, -0.1) is 0 Å². The molecule has 1 rings (SSSR count). The fraction of sp³-hybridized carbons (Fsp3) is 0.429. The third-order valence-electron chi connectivity index (χ3n) is 2.87. The summed E-state index contributed by atoms with van der Waals surface area (Å²) in [6.07, 6.45) is 2.15. The number of allylic oxidation sites excluding steroid dienone is 1. The Kier molecular flexibility index (Phi) is 3.96. The predicted molar refractivity (Wildman–Crippen MR) is 68.0 cm³/mol. The molecule has 0 aromatic heterocycles. The van der Waals surface area contributed by atoms with Gasteiger partial charge in [-0.2, -0.15) is 0 Å². The molecular formula is C14H21N. The van der Waals surface area contributed by atoms with Crippen molar-refractivity contribution >= 4 is 5.70 Å². The zero-order chi connectivity index (χ0) is 11.4. The Morgan fingerprint density at radius 1 is 1.20 bits per heavy atom. The van der Waals surface area contributed by atoms with Crippen LogP contribution in [0, 0.1) is 20.8 Å². The van der Waals surface area contributed by atoms with Crippen molar-refractivity contribution in [3.63, 3.8) is 0 Å². The Balaban J connectivity index is 3.28. The summed E-state index contributed by atoms with van der Waals surface area (Å²) in [5.41, 5.74) is 6.68. The monoisotopic (exact) mass is 203 g/mol. The molecule has 0 bridgehead atoms. The zero-order valence-corrected chi connectivity index (χ0v) is 10.4. The summed E-state index contributed by atoms with van der Waals surface area (Å²) in [6.45, 7) is 11.7. The molecule has 1 heteroatoms. The van der Waals surface area contributed by atoms with E-state index in [2.05, 4.69) is 58.1 Å². The van der Waals surface area contributed by atoms with Gasteiger partial charge < -0.3 is 5.32 Å². The average molecular weight is 203 g/mol. The second-order valence-electron chi connectivity index (χ2n) is 3.93. The van der Waals surface area contributed by atoms with Crippen molar-refractivity contribution in [1.29, 1.82) is 0 Å². The van der Waals surface area contributed by atoms with Gasteiger partial charge >= 0.3 is 0 Å². The molecule has 0 heterocycles. The van der Waals surface area contributed by atoms with Crippen molar-refractivity contribution in [2.24, 2.45) is 0 Å². The summed E-state index contributed by atoms with van der Waals surface area (Å²) >= 11 is 0. The lowest BCUT2D eigenvalue weighted by Crippen LogP contribution is -2.13. The largest absolute Gasteiger partial charge is 0.385 e. The Hall–Kier alpha value is -1.24. The first kappa shape index (κ1) is 11.8. The van der Waals surface area contributed by atoms with E-state index >= 15 is 0 Å². The molecule has 1 N–H and O–H groups in total. The highest BCUT2D eigenvalue weighted by molar-refractivity contribution is 5.70. The minimum atomic E-state index is 0.965. The summed E-state index contributed by atoms with van der Waals surface area (Å²) in [5.74, 6) is 0. The Morgan fingerprint density at radius 2 is 1.80 bits per heavy atom. The number of hydrogen-bond acceptors (Lipinski definition) is 1. The topological polar surface area (TPSA) is 12.0 Å². The lowest BCUT2D eigenvalue weighted by Gasteiger charge is -2.16. The SMILES string of the molecule is C/C=C(/NCC)c1c(C)ccc(C)c1C. The van der Waals surface area contributed by atoms with E-state index in [1.165, 1.54) is 28.0 Å². The molecule has 0 aliphatic rings. The van der Waals surface area contributed by atoms with Crippen LogP contribution in [-0.4, -0.2) is 6.54 Å². The number of benzene rings is 1. The molecule has 0 saturated heterocycles. The van der Waals surface area contributed by atoms with Crippen LogP contribution in [0.25, 0.3) is 5.70 Å². The Labute approximate surface area is 93.2 Å². The van der Waals surface area contributed by atoms with Crippen LogP contribution in [0.15, 0.2) is 18.2 Å². The van der Waals surface area contributed by atoms with Gasteiger partial charge in [0.05, 0.1) is 0 Å². The Morgan fingerprint density at radius 3 is 2.33 bits per heavy atom. The van der Waals surface area contributed by atoms with E-state index in [-0.39, 0.29) is 0 Å². The molecule has 82 valence electrons. The molecule has 1 nitrogen and oxygen atoms in total. The van der Waals surface area contributed by atoms with Crippen molar-refractivity contribution in [3.05, 3.63) is 40.5 Å². The fourth-order valence-electron chi connectivity index (χ4n) is 1.89. The molecule has 0 spiro atoms. The van der Waals surface area contributed by atoms with Gasteiger partial charge in [0.1, 0.15) is 0 Å². The van der Waals surface area contributed by atoms with Crippen LogP contribution in [0.1, 0.15) is 36.1 Å². The fourth-order valence-corrected chi connectivity index (χ4v) is 1.89. The number of rotatable bonds is 3. The predicted octanol–water partition coefficient (Wildman–Crippen LogP) is 3.58. The van der Waals surface area contributed by atoms with E-state index in [4.69, 9.17) is 0 Å². The third kappa shape index (κ3) is 2.41. The number of aryl methyl sites for hydroxylation is 2. The summed E-state index contributed by atoms with van der Waals surface area (Å²) in [6, 6.07) is 4.38. The molecular weight excluding hydrogens is 182 g/mol. The molecule has 0 unspecified atom stereocenters. The molecule has 0 amide bonds. The van der Waals surface area contributed by atoms with Crippen LogP contribution in [0.2, 0.25) is 0 Å². The molecule has 0 saturated carbocycles. The summed E-state index contributed by atoms with van der Waals surface area (Å²) in [5, 5.41) is 3.42. The van der Waals surface area contributed by atoms with Crippen LogP contribution in [0.3, 0.4) is 0 Å². The molecule has 0 aliphatic heterocycles. The van der Waals surface area contributed by atoms with E-state index < -0.39 is 0 Å². The lowest BCUT2D eigenvalue weighted by atomic mass is 9.96. The highest BCUT2D eigenvalue weighted by atomic mass is 14.9. The van der Waals surface area contributed by atoms with Gasteiger partial charge in [-0.3, -0.25) is 0 Å². The molecule has 0 fully saturated rings. The van der Waals surface area contributed by atoms with E-state index in [0.717, 1.165) is 6.54 Å². The van der Waals surface area contributed by atoms with E-state index in [9.17, 15) is 0 Å². The van der Waals surface area contributed by atoms with E-state index in [1.807, 2.05) is 0 Å². The lowest BCUT2D eigenvalue weighted by molar-refractivity contribution is 0.933. The minimum absolute atomic E-state index is 0.965. The molecule has 0 radical (unpaired) electrons. The first-order valence-corrected chi connectivity index (χ1v) is 5.59. The molecule has 0 aliphatic carbocycles. The van der Waals surface area contributed by atoms with Gasteiger partial charge in [-0.25, -0.2) is 0 Å². The average Bonchev–Trinajstić information content (AvgIpc) is 2.22. The highest BCUT2D eigenvalue weighted by Gasteiger charge is 2.08. The van der Waals surface area contributed by atoms with Crippen LogP contribution in [0.5, 0.6) is 0 Å². The zero-order valence-electron chi connectivity index (χ0n) is 10.4. The summed E-state index contributed by atoms with van der Waals surface area (Å²) in [7, 11) is 0. The van der Waals surface area contributed by atoms with Crippen molar-refractivity contribution in [1.82, 2.24) is 5.32 Å². The van der Waals surface area contributed by atoms with Crippen LogP contribution in [0.4, 0.5) is 0 Å². The maximum atomic E-state index is 3.42. The summed E-state index contributed by atoms with van der Waals surface area (Å²) < 4.78 is 0. The minimum Gasteiger partial charge on any atom is -0.385 e. The molecule has 0 atom stereocenters. The van der Waals surface area contributed by atoms with Crippen LogP contribution in [-0.2, 0) is 0 Å². The van der Waals surface area contributed by atoms with Gasteiger partial charge in [0, 0.05) is 17.8 Å². The first-order chi connectivity index (χ1) is 7.11. The highest BCUT2D eigenvalue weighted by Crippen LogP contribution is 2.23. The second kappa shape index (κ2) is 5.01. The number of hydrogen-bond donors (Lipinski definition) is 1. The van der Waals surface area contributed by atoms with Gasteiger partial charge in [0.2, 0.25) is 0 Å². The normalized spacial score (nSPS) is 11.7. The third-order valence-corrected chi connectivity index (χ3v) is 2.87. The van der Waals surface area contributed by atoms with Gasteiger partial charge in [-0.05, 0) is 51.3 Å². The first-order valence-electron chi connectivity index (χ1n) is 5.59. The van der Waals surface area contributed by atoms with E-state index in [0.29, 0.717) is 0 Å². The van der Waals surface area contributed by atoms with Gasteiger partial charge in [-0.1, -0.05) is 18.2 Å². The van der Waals surface area contributed by atoms with Crippen molar-refractivity contribution in [2.75, 3.05) is 6.54 Å². The maximum Gasteiger partial charge on any atom is 0.0375 e. The second-order valence-corrected chi connectivity index (χ2v) is 3.93. The smallest absolute Gasteiger partial charge is 0.0375 e. The Bertz CT molecular complexity index is 375.